The van der Waals surface area contributed by atoms with E-state index in [1.807, 2.05) is 17.8 Å². The molecule has 0 unspecified atom stereocenters. The minimum atomic E-state index is -0.777. The van der Waals surface area contributed by atoms with Crippen LogP contribution in [-0.4, -0.2) is 42.5 Å². The highest BCUT2D eigenvalue weighted by Gasteiger charge is 2.25. The number of hydrogen-bond donors (Lipinski definition) is 2. The molecule has 172 valence electrons. The fourth-order valence-corrected chi connectivity index (χ4v) is 4.38. The van der Waals surface area contributed by atoms with Crippen LogP contribution in [0.5, 0.6) is 5.75 Å². The first kappa shape index (κ1) is 23.3. The Morgan fingerprint density at radius 2 is 1.85 bits per heavy atom. The van der Waals surface area contributed by atoms with Crippen molar-refractivity contribution in [3.8, 4) is 39.5 Å². The average molecular weight is 486 g/mol. The van der Waals surface area contributed by atoms with Gasteiger partial charge in [-0.25, -0.2) is 9.97 Å². The quantitative estimate of drug-likeness (QED) is 0.345. The van der Waals surface area contributed by atoms with Gasteiger partial charge in [-0.1, -0.05) is 23.2 Å². The first-order valence-electron chi connectivity index (χ1n) is 10.5. The van der Waals surface area contributed by atoms with E-state index in [1.165, 1.54) is 0 Å². The van der Waals surface area contributed by atoms with Gasteiger partial charge in [-0.2, -0.15) is 5.10 Å². The Hall–Kier alpha value is -2.87. The third kappa shape index (κ3) is 4.62. The molecule has 0 bridgehead atoms. The van der Waals surface area contributed by atoms with Crippen molar-refractivity contribution in [1.29, 1.82) is 0 Å². The van der Waals surface area contributed by atoms with Crippen molar-refractivity contribution in [2.75, 3.05) is 7.11 Å². The second-order valence-corrected chi connectivity index (χ2v) is 9.18. The Labute approximate surface area is 202 Å². The van der Waals surface area contributed by atoms with Gasteiger partial charge in [-0.15, -0.1) is 0 Å². The maximum Gasteiger partial charge on any atom is 0.161 e. The molecule has 2 N–H and O–H groups in total. The fourth-order valence-electron chi connectivity index (χ4n) is 3.73. The minimum absolute atomic E-state index is 0.408. The number of aromatic amines is 1. The van der Waals surface area contributed by atoms with Crippen LogP contribution in [-0.2, 0) is 6.54 Å². The summed E-state index contributed by atoms with van der Waals surface area (Å²) in [5.41, 5.74) is 4.03. The average Bonchev–Trinajstić information content (AvgIpc) is 3.36. The summed E-state index contributed by atoms with van der Waals surface area (Å²) in [7, 11) is 1.56. The number of aryl methyl sites for hydroxylation is 1. The largest absolute Gasteiger partial charge is 0.495 e. The summed E-state index contributed by atoms with van der Waals surface area (Å²) in [5, 5.41) is 15.6. The number of nitrogens with zero attached hydrogens (tertiary/aromatic N) is 4. The number of aromatic nitrogens is 5. The minimum Gasteiger partial charge on any atom is -0.495 e. The van der Waals surface area contributed by atoms with Crippen molar-refractivity contribution < 1.29 is 9.84 Å². The van der Waals surface area contributed by atoms with Gasteiger partial charge < -0.3 is 14.8 Å². The molecule has 1 aromatic carbocycles. The van der Waals surface area contributed by atoms with Crippen molar-refractivity contribution in [3.63, 3.8) is 0 Å². The second-order valence-electron chi connectivity index (χ2n) is 8.39. The first-order valence-corrected chi connectivity index (χ1v) is 11.2. The molecule has 33 heavy (non-hydrogen) atoms. The van der Waals surface area contributed by atoms with Crippen molar-refractivity contribution in [2.24, 2.45) is 0 Å². The Morgan fingerprint density at radius 1 is 1.12 bits per heavy atom. The van der Waals surface area contributed by atoms with Gasteiger partial charge in [0.2, 0.25) is 0 Å². The highest BCUT2D eigenvalue weighted by atomic mass is 35.5. The molecule has 0 spiro atoms. The topological polar surface area (TPSA) is 88.8 Å². The van der Waals surface area contributed by atoms with Crippen LogP contribution in [0.1, 0.15) is 26.0 Å². The lowest BCUT2D eigenvalue weighted by Crippen LogP contribution is -2.21. The van der Waals surface area contributed by atoms with Gasteiger partial charge in [0.1, 0.15) is 5.75 Å². The third-order valence-corrected chi connectivity index (χ3v) is 6.21. The molecule has 3 aromatic heterocycles. The summed E-state index contributed by atoms with van der Waals surface area (Å²) < 4.78 is 7.29. The van der Waals surface area contributed by atoms with E-state index in [1.54, 1.807) is 57.7 Å². The van der Waals surface area contributed by atoms with Crippen molar-refractivity contribution in [1.82, 2.24) is 24.7 Å². The third-order valence-electron chi connectivity index (χ3n) is 5.52. The summed E-state index contributed by atoms with van der Waals surface area (Å²) in [4.78, 5) is 12.3. The number of ether oxygens (including phenoxy) is 1. The number of H-pyrrole nitrogens is 1. The van der Waals surface area contributed by atoms with Gasteiger partial charge in [0.05, 0.1) is 40.2 Å². The van der Waals surface area contributed by atoms with Crippen LogP contribution in [0.25, 0.3) is 33.8 Å². The van der Waals surface area contributed by atoms with Crippen LogP contribution >= 0.6 is 23.2 Å². The van der Waals surface area contributed by atoms with Gasteiger partial charge in [0.15, 0.2) is 5.82 Å². The van der Waals surface area contributed by atoms with E-state index in [0.29, 0.717) is 40.1 Å². The zero-order valence-corrected chi connectivity index (χ0v) is 20.4. The Balaban J connectivity index is 1.90. The molecule has 3 heterocycles. The van der Waals surface area contributed by atoms with Crippen LogP contribution < -0.4 is 4.74 Å². The number of benzene rings is 1. The normalized spacial score (nSPS) is 11.7. The smallest absolute Gasteiger partial charge is 0.161 e. The highest BCUT2D eigenvalue weighted by molar-refractivity contribution is 6.40. The van der Waals surface area contributed by atoms with E-state index < -0.39 is 5.60 Å². The van der Waals surface area contributed by atoms with E-state index in [4.69, 9.17) is 27.9 Å². The van der Waals surface area contributed by atoms with E-state index in [-0.39, 0.29) is 0 Å². The molecule has 0 fully saturated rings. The van der Waals surface area contributed by atoms with E-state index >= 15 is 0 Å². The number of aliphatic hydroxyl groups is 1. The van der Waals surface area contributed by atoms with Crippen LogP contribution in [0.15, 0.2) is 43.0 Å². The number of methoxy groups -OCH3 is 1. The lowest BCUT2D eigenvalue weighted by atomic mass is 9.99. The Morgan fingerprint density at radius 3 is 2.52 bits per heavy atom. The molecule has 0 amide bonds. The maximum absolute atomic E-state index is 10.1. The van der Waals surface area contributed by atoms with Crippen molar-refractivity contribution in [3.05, 3.63) is 58.7 Å². The Kier molecular flexibility index (Phi) is 6.47. The predicted octanol–water partition coefficient (Wildman–Crippen LogP) is 5.79. The van der Waals surface area contributed by atoms with Crippen molar-refractivity contribution in [2.45, 2.75) is 39.3 Å². The van der Waals surface area contributed by atoms with Gasteiger partial charge in [0, 0.05) is 47.5 Å². The number of rotatable bonds is 7. The lowest BCUT2D eigenvalue weighted by molar-refractivity contribution is 0.0649. The summed E-state index contributed by atoms with van der Waals surface area (Å²) in [5.74, 6) is 1.05. The number of nitrogens with one attached hydrogen (secondary N) is 1. The summed E-state index contributed by atoms with van der Waals surface area (Å²) in [6, 6.07) is 5.25. The zero-order valence-electron chi connectivity index (χ0n) is 18.9. The highest BCUT2D eigenvalue weighted by Crippen LogP contribution is 2.46. The second kappa shape index (κ2) is 9.17. The van der Waals surface area contributed by atoms with Crippen LogP contribution in [0, 0.1) is 6.92 Å². The summed E-state index contributed by atoms with van der Waals surface area (Å²) >= 11 is 13.3. The number of halogens is 2. The van der Waals surface area contributed by atoms with Gasteiger partial charge in [-0.3, -0.25) is 4.68 Å². The van der Waals surface area contributed by atoms with E-state index in [0.717, 1.165) is 28.1 Å². The van der Waals surface area contributed by atoms with E-state index in [9.17, 15) is 5.11 Å². The molecule has 0 saturated heterocycles. The number of hydrogen-bond acceptors (Lipinski definition) is 5. The molecule has 9 heteroatoms. The molecule has 0 atom stereocenters. The fraction of sp³-hybridized carbons (Fsp3) is 0.292. The predicted molar refractivity (Wildman–Crippen MR) is 131 cm³/mol. The summed E-state index contributed by atoms with van der Waals surface area (Å²) in [6.45, 7) is 6.16. The zero-order chi connectivity index (χ0) is 23.8. The summed E-state index contributed by atoms with van der Waals surface area (Å²) in [6.07, 6.45) is 7.61. The molecule has 4 rings (SSSR count). The first-order chi connectivity index (χ1) is 15.7. The molecule has 0 aliphatic heterocycles. The molecule has 4 aromatic rings. The van der Waals surface area contributed by atoms with Crippen LogP contribution in [0.3, 0.4) is 0 Å². The van der Waals surface area contributed by atoms with Gasteiger partial charge in [-0.05, 0) is 45.4 Å². The Bertz CT molecular complexity index is 1280. The van der Waals surface area contributed by atoms with Crippen LogP contribution in [0.2, 0.25) is 10.0 Å². The van der Waals surface area contributed by atoms with E-state index in [2.05, 4.69) is 20.1 Å². The standard InChI is InChI=1S/C24H25Cl2N5O2/c1-14-15(13-30-31(14)11-8-24(2,3)32)22-20(23-27-9-5-10-28-23)16(12-29-22)19-17(25)6-7-18(33-4)21(19)26/h5-7,9-10,12-13,29,32H,8,11H2,1-4H3. The van der Waals surface area contributed by atoms with Gasteiger partial charge in [0.25, 0.3) is 0 Å². The van der Waals surface area contributed by atoms with Gasteiger partial charge >= 0.3 is 0 Å². The molecular formula is C24H25Cl2N5O2. The monoisotopic (exact) mass is 485 g/mol. The maximum atomic E-state index is 10.1. The molecule has 0 saturated carbocycles. The molecule has 0 aliphatic rings. The van der Waals surface area contributed by atoms with Crippen LogP contribution in [0.4, 0.5) is 0 Å². The molecule has 0 radical (unpaired) electrons. The molecule has 7 nitrogen and oxygen atoms in total. The molecule has 0 aliphatic carbocycles. The lowest BCUT2D eigenvalue weighted by Gasteiger charge is -2.17. The molecular weight excluding hydrogens is 461 g/mol. The SMILES string of the molecule is COc1ccc(Cl)c(-c2c[nH]c(-c3cnn(CCC(C)(C)O)c3C)c2-c2ncccn2)c1Cl. The van der Waals surface area contributed by atoms with Crippen molar-refractivity contribution >= 4 is 23.2 Å².